The Labute approximate surface area is 131 Å². The molecular weight excluding hydrogens is 308 g/mol. The van der Waals surface area contributed by atoms with E-state index in [1.54, 1.807) is 0 Å². The quantitative estimate of drug-likeness (QED) is 0.643. The number of rotatable bonds is 5. The fraction of sp³-hybridized carbons (Fsp3) is 0.368. The monoisotopic (exact) mass is 330 g/mol. The lowest BCUT2D eigenvalue weighted by molar-refractivity contribution is 0.586. The van der Waals surface area contributed by atoms with Crippen molar-refractivity contribution in [3.63, 3.8) is 0 Å². The molecule has 0 bridgehead atoms. The van der Waals surface area contributed by atoms with Crippen LogP contribution < -0.4 is 0 Å². The minimum Gasteiger partial charge on any atom is -0.0925 e. The van der Waals surface area contributed by atoms with Gasteiger partial charge in [0.2, 0.25) is 0 Å². The number of hydrogen-bond donors (Lipinski definition) is 0. The number of alkyl halides is 1. The van der Waals surface area contributed by atoms with Crippen molar-refractivity contribution in [2.75, 3.05) is 5.33 Å². The van der Waals surface area contributed by atoms with Crippen LogP contribution in [0, 0.1) is 26.7 Å². The number of halogens is 1. The van der Waals surface area contributed by atoms with E-state index in [4.69, 9.17) is 0 Å². The first-order valence-electron chi connectivity index (χ1n) is 7.27. The van der Waals surface area contributed by atoms with Crippen LogP contribution in [0.25, 0.3) is 0 Å². The SMILES string of the molecule is Cc1ccccc1CC(CBr)Cc1c(C)cccc1C. The molecule has 0 aromatic heterocycles. The molecule has 0 aliphatic rings. The van der Waals surface area contributed by atoms with E-state index < -0.39 is 0 Å². The third-order valence-electron chi connectivity index (χ3n) is 4.13. The highest BCUT2D eigenvalue weighted by Crippen LogP contribution is 2.23. The normalized spacial score (nSPS) is 12.4. The summed E-state index contributed by atoms with van der Waals surface area (Å²) in [4.78, 5) is 0. The van der Waals surface area contributed by atoms with Gasteiger partial charge in [-0.15, -0.1) is 0 Å². The molecule has 0 saturated heterocycles. The molecule has 20 heavy (non-hydrogen) atoms. The molecule has 2 rings (SSSR count). The van der Waals surface area contributed by atoms with Crippen LogP contribution in [-0.4, -0.2) is 5.33 Å². The second kappa shape index (κ2) is 7.08. The Morgan fingerprint density at radius 3 is 2.00 bits per heavy atom. The zero-order valence-corrected chi connectivity index (χ0v) is 14.2. The summed E-state index contributed by atoms with van der Waals surface area (Å²) in [6.45, 7) is 6.66. The average molecular weight is 331 g/mol. The molecule has 1 heteroatoms. The number of hydrogen-bond acceptors (Lipinski definition) is 0. The number of benzene rings is 2. The molecule has 1 atom stereocenters. The summed E-state index contributed by atoms with van der Waals surface area (Å²) >= 11 is 3.70. The highest BCUT2D eigenvalue weighted by atomic mass is 79.9. The molecule has 0 amide bonds. The van der Waals surface area contributed by atoms with Gasteiger partial charge in [-0.05, 0) is 67.3 Å². The van der Waals surface area contributed by atoms with E-state index in [-0.39, 0.29) is 0 Å². The van der Waals surface area contributed by atoms with Gasteiger partial charge in [0.25, 0.3) is 0 Å². The van der Waals surface area contributed by atoms with Crippen molar-refractivity contribution in [3.8, 4) is 0 Å². The van der Waals surface area contributed by atoms with Crippen LogP contribution in [0.5, 0.6) is 0 Å². The van der Waals surface area contributed by atoms with Crippen LogP contribution in [0.1, 0.15) is 27.8 Å². The van der Waals surface area contributed by atoms with Crippen LogP contribution in [-0.2, 0) is 12.8 Å². The van der Waals surface area contributed by atoms with Crippen molar-refractivity contribution in [2.45, 2.75) is 33.6 Å². The van der Waals surface area contributed by atoms with Crippen LogP contribution >= 0.6 is 15.9 Å². The van der Waals surface area contributed by atoms with Crippen molar-refractivity contribution in [1.29, 1.82) is 0 Å². The van der Waals surface area contributed by atoms with Gasteiger partial charge in [-0.2, -0.15) is 0 Å². The van der Waals surface area contributed by atoms with Crippen LogP contribution in [0.2, 0.25) is 0 Å². The van der Waals surface area contributed by atoms with Gasteiger partial charge in [-0.1, -0.05) is 58.4 Å². The van der Waals surface area contributed by atoms with Crippen LogP contribution in [0.15, 0.2) is 42.5 Å². The average Bonchev–Trinajstić information content (AvgIpc) is 2.44. The van der Waals surface area contributed by atoms with Crippen LogP contribution in [0.4, 0.5) is 0 Å². The van der Waals surface area contributed by atoms with Gasteiger partial charge in [-0.3, -0.25) is 0 Å². The maximum atomic E-state index is 3.70. The smallest absolute Gasteiger partial charge is 0.00660 e. The zero-order valence-electron chi connectivity index (χ0n) is 12.6. The molecule has 0 saturated carbocycles. The predicted octanol–water partition coefficient (Wildman–Crippen LogP) is 5.41. The fourth-order valence-electron chi connectivity index (χ4n) is 2.79. The van der Waals surface area contributed by atoms with E-state index in [1.165, 1.54) is 27.8 Å². The van der Waals surface area contributed by atoms with E-state index in [2.05, 4.69) is 79.2 Å². The lowest BCUT2D eigenvalue weighted by Crippen LogP contribution is -2.12. The van der Waals surface area contributed by atoms with Crippen molar-refractivity contribution < 1.29 is 0 Å². The first-order chi connectivity index (χ1) is 9.61. The Morgan fingerprint density at radius 2 is 1.40 bits per heavy atom. The molecule has 0 heterocycles. The van der Waals surface area contributed by atoms with Crippen molar-refractivity contribution in [2.24, 2.45) is 5.92 Å². The Balaban J connectivity index is 2.16. The molecule has 0 aliphatic heterocycles. The lowest BCUT2D eigenvalue weighted by Gasteiger charge is -2.18. The molecule has 0 fully saturated rings. The summed E-state index contributed by atoms with van der Waals surface area (Å²) < 4.78 is 0. The first-order valence-corrected chi connectivity index (χ1v) is 8.39. The fourth-order valence-corrected chi connectivity index (χ4v) is 3.25. The first kappa shape index (κ1) is 15.3. The summed E-state index contributed by atoms with van der Waals surface area (Å²) in [7, 11) is 0. The molecule has 2 aromatic rings. The molecule has 106 valence electrons. The molecule has 0 radical (unpaired) electrons. The molecular formula is C19H23Br. The standard InChI is InChI=1S/C19H23Br/c1-14-7-4-5-10-18(14)11-17(13-20)12-19-15(2)8-6-9-16(19)3/h4-10,17H,11-13H2,1-3H3. The van der Waals surface area contributed by atoms with Gasteiger partial charge < -0.3 is 0 Å². The van der Waals surface area contributed by atoms with Gasteiger partial charge in [0.15, 0.2) is 0 Å². The van der Waals surface area contributed by atoms with Gasteiger partial charge in [0, 0.05) is 5.33 Å². The topological polar surface area (TPSA) is 0 Å². The van der Waals surface area contributed by atoms with E-state index >= 15 is 0 Å². The molecule has 0 aliphatic carbocycles. The van der Waals surface area contributed by atoms with Crippen molar-refractivity contribution in [1.82, 2.24) is 0 Å². The van der Waals surface area contributed by atoms with Gasteiger partial charge >= 0.3 is 0 Å². The summed E-state index contributed by atoms with van der Waals surface area (Å²) in [5.41, 5.74) is 7.23. The summed E-state index contributed by atoms with van der Waals surface area (Å²) in [6.07, 6.45) is 2.30. The Kier molecular flexibility index (Phi) is 5.42. The van der Waals surface area contributed by atoms with Gasteiger partial charge in [0.1, 0.15) is 0 Å². The minimum absolute atomic E-state index is 0.649. The van der Waals surface area contributed by atoms with Gasteiger partial charge in [0.05, 0.1) is 0 Å². The second-order valence-electron chi connectivity index (χ2n) is 5.73. The molecule has 0 N–H and O–H groups in total. The van der Waals surface area contributed by atoms with E-state index in [9.17, 15) is 0 Å². The van der Waals surface area contributed by atoms with Gasteiger partial charge in [-0.25, -0.2) is 0 Å². The van der Waals surface area contributed by atoms with E-state index in [1.807, 2.05) is 0 Å². The molecule has 2 aromatic carbocycles. The van der Waals surface area contributed by atoms with Crippen molar-refractivity contribution in [3.05, 3.63) is 70.3 Å². The highest BCUT2D eigenvalue weighted by molar-refractivity contribution is 9.09. The predicted molar refractivity (Wildman–Crippen MR) is 91.8 cm³/mol. The Morgan fingerprint density at radius 1 is 0.800 bits per heavy atom. The maximum absolute atomic E-state index is 3.70. The lowest BCUT2D eigenvalue weighted by atomic mass is 9.89. The Hall–Kier alpha value is -1.08. The molecule has 0 spiro atoms. The van der Waals surface area contributed by atoms with Crippen molar-refractivity contribution >= 4 is 15.9 Å². The van der Waals surface area contributed by atoms with Crippen LogP contribution in [0.3, 0.4) is 0 Å². The van der Waals surface area contributed by atoms with E-state index in [0.717, 1.165) is 18.2 Å². The summed E-state index contributed by atoms with van der Waals surface area (Å²) in [5.74, 6) is 0.649. The third-order valence-corrected chi connectivity index (χ3v) is 5.04. The third kappa shape index (κ3) is 3.73. The summed E-state index contributed by atoms with van der Waals surface area (Å²) in [5, 5.41) is 1.05. The molecule has 1 unspecified atom stereocenters. The van der Waals surface area contributed by atoms with E-state index in [0.29, 0.717) is 5.92 Å². The summed E-state index contributed by atoms with van der Waals surface area (Å²) in [6, 6.07) is 15.3. The Bertz CT molecular complexity index is 551. The molecule has 0 nitrogen and oxygen atoms in total. The zero-order chi connectivity index (χ0) is 14.5. The highest BCUT2D eigenvalue weighted by Gasteiger charge is 2.13. The minimum atomic E-state index is 0.649. The largest absolute Gasteiger partial charge is 0.0925 e. The second-order valence-corrected chi connectivity index (χ2v) is 6.37. The maximum Gasteiger partial charge on any atom is 0.00660 e. The number of aryl methyl sites for hydroxylation is 3.